The van der Waals surface area contributed by atoms with Crippen molar-refractivity contribution in [3.63, 3.8) is 0 Å². The lowest BCUT2D eigenvalue weighted by Crippen LogP contribution is -2.29. The lowest BCUT2D eigenvalue weighted by Gasteiger charge is -2.15. The molecule has 1 rings (SSSR count). The van der Waals surface area contributed by atoms with Crippen molar-refractivity contribution in [3.8, 4) is 0 Å². The maximum absolute atomic E-state index is 12.1. The highest BCUT2D eigenvalue weighted by Crippen LogP contribution is 2.22. The maximum Gasteiger partial charge on any atom is 0.275 e. The Morgan fingerprint density at radius 1 is 1.42 bits per heavy atom. The predicted octanol–water partition coefficient (Wildman–Crippen LogP) is 1.91. The normalized spacial score (nSPS) is 11.6. The number of hydrogen-bond acceptors (Lipinski definition) is 4. The van der Waals surface area contributed by atoms with Crippen LogP contribution in [0.2, 0.25) is 0 Å². The third kappa shape index (κ3) is 3.94. The highest BCUT2D eigenvalue weighted by Gasteiger charge is 2.28. The Bertz CT molecular complexity index is 554. The first-order chi connectivity index (χ1) is 8.79. The van der Waals surface area contributed by atoms with Crippen LogP contribution < -0.4 is 0 Å². The Balaban J connectivity index is 2.95. The molecular formula is C11H18ClN3O3S. The Kier molecular flexibility index (Phi) is 5.37. The number of aryl methyl sites for hydroxylation is 1. The monoisotopic (exact) mass is 307 g/mol. The number of H-pyrrole nitrogens is 1. The van der Waals surface area contributed by atoms with Gasteiger partial charge in [-0.3, -0.25) is 9.89 Å². The summed E-state index contributed by atoms with van der Waals surface area (Å²) in [5, 5.41) is 6.24. The molecule has 19 heavy (non-hydrogen) atoms. The summed E-state index contributed by atoms with van der Waals surface area (Å²) in [5.41, 5.74) is 0.117. The fraction of sp³-hybridized carbons (Fsp3) is 0.636. The van der Waals surface area contributed by atoms with Gasteiger partial charge in [0.2, 0.25) is 0 Å². The number of hydrogen-bond donors (Lipinski definition) is 1. The van der Waals surface area contributed by atoms with Crippen LogP contribution >= 0.6 is 10.7 Å². The first-order valence-corrected chi connectivity index (χ1v) is 8.35. The molecule has 0 fully saturated rings. The molecule has 0 spiro atoms. The quantitative estimate of drug-likeness (QED) is 0.643. The van der Waals surface area contributed by atoms with Gasteiger partial charge in [-0.15, -0.1) is 0 Å². The van der Waals surface area contributed by atoms with Crippen molar-refractivity contribution in [2.75, 3.05) is 13.6 Å². The van der Waals surface area contributed by atoms with Gasteiger partial charge in [0.15, 0.2) is 5.69 Å². The van der Waals surface area contributed by atoms with Gasteiger partial charge in [0.1, 0.15) is 4.90 Å². The molecular weight excluding hydrogens is 290 g/mol. The summed E-state index contributed by atoms with van der Waals surface area (Å²) in [7, 11) is 2.95. The van der Waals surface area contributed by atoms with Crippen LogP contribution in [0.3, 0.4) is 0 Å². The number of carbonyl (C=O) groups is 1. The third-order valence-corrected chi connectivity index (χ3v) is 4.23. The Morgan fingerprint density at radius 2 is 2.05 bits per heavy atom. The standard InChI is InChI=1S/C11H18ClN3O3S/c1-4-5-6-7-15(3)11(16)9-10(19(12,17)18)8(2)13-14-9/h4-7H2,1-3H3,(H,13,14). The summed E-state index contributed by atoms with van der Waals surface area (Å²) in [6, 6.07) is 0. The Hall–Kier alpha value is -1.08. The smallest absolute Gasteiger partial charge is 0.275 e. The second-order valence-corrected chi connectivity index (χ2v) is 6.90. The second-order valence-electron chi connectivity index (χ2n) is 4.40. The van der Waals surface area contributed by atoms with Crippen molar-refractivity contribution < 1.29 is 13.2 Å². The van der Waals surface area contributed by atoms with Gasteiger partial charge in [-0.2, -0.15) is 5.10 Å². The molecule has 0 unspecified atom stereocenters. The molecule has 0 saturated carbocycles. The largest absolute Gasteiger partial charge is 0.340 e. The van der Waals surface area contributed by atoms with E-state index in [2.05, 4.69) is 17.1 Å². The van der Waals surface area contributed by atoms with E-state index in [4.69, 9.17) is 10.7 Å². The van der Waals surface area contributed by atoms with E-state index >= 15 is 0 Å². The summed E-state index contributed by atoms with van der Waals surface area (Å²) in [6.45, 7) is 4.13. The molecule has 1 N–H and O–H groups in total. The minimum Gasteiger partial charge on any atom is -0.340 e. The van der Waals surface area contributed by atoms with E-state index < -0.39 is 15.0 Å². The Labute approximate surface area is 117 Å². The number of nitrogens with zero attached hydrogens (tertiary/aromatic N) is 2. The number of unbranched alkanes of at least 4 members (excludes halogenated alkanes) is 2. The lowest BCUT2D eigenvalue weighted by molar-refractivity contribution is 0.0783. The zero-order valence-corrected chi connectivity index (χ0v) is 12.8. The third-order valence-electron chi connectivity index (χ3n) is 2.78. The SMILES string of the molecule is CCCCCN(C)C(=O)c1n[nH]c(C)c1S(=O)(=O)Cl. The van der Waals surface area contributed by atoms with Crippen molar-refractivity contribution in [2.45, 2.75) is 38.0 Å². The first kappa shape index (κ1) is 16.0. The van der Waals surface area contributed by atoms with Gasteiger partial charge in [0.05, 0.1) is 5.69 Å². The van der Waals surface area contributed by atoms with Gasteiger partial charge in [0, 0.05) is 24.3 Å². The first-order valence-electron chi connectivity index (χ1n) is 6.04. The van der Waals surface area contributed by atoms with Gasteiger partial charge >= 0.3 is 0 Å². The zero-order valence-electron chi connectivity index (χ0n) is 11.2. The summed E-state index contributed by atoms with van der Waals surface area (Å²) in [4.78, 5) is 13.4. The van der Waals surface area contributed by atoms with E-state index in [1.807, 2.05) is 0 Å². The summed E-state index contributed by atoms with van der Waals surface area (Å²) < 4.78 is 22.9. The van der Waals surface area contributed by atoms with Crippen molar-refractivity contribution >= 4 is 25.6 Å². The van der Waals surface area contributed by atoms with Gasteiger partial charge in [-0.05, 0) is 13.3 Å². The molecule has 0 aliphatic carbocycles. The molecule has 0 bridgehead atoms. The van der Waals surface area contributed by atoms with Crippen LogP contribution in [0.15, 0.2) is 4.90 Å². The van der Waals surface area contributed by atoms with Crippen LogP contribution in [-0.4, -0.2) is 43.0 Å². The molecule has 1 amide bonds. The van der Waals surface area contributed by atoms with E-state index in [9.17, 15) is 13.2 Å². The number of aromatic amines is 1. The molecule has 1 aromatic heterocycles. The maximum atomic E-state index is 12.1. The van der Waals surface area contributed by atoms with Crippen molar-refractivity contribution in [1.82, 2.24) is 15.1 Å². The van der Waals surface area contributed by atoms with Crippen molar-refractivity contribution in [3.05, 3.63) is 11.4 Å². The van der Waals surface area contributed by atoms with Gasteiger partial charge in [-0.1, -0.05) is 19.8 Å². The summed E-state index contributed by atoms with van der Waals surface area (Å²) >= 11 is 0. The molecule has 0 aromatic carbocycles. The van der Waals surface area contributed by atoms with E-state index in [-0.39, 0.29) is 16.3 Å². The van der Waals surface area contributed by atoms with Crippen LogP contribution in [-0.2, 0) is 9.05 Å². The van der Waals surface area contributed by atoms with E-state index in [1.165, 1.54) is 11.8 Å². The van der Waals surface area contributed by atoms with Crippen LogP contribution in [0.1, 0.15) is 42.4 Å². The zero-order chi connectivity index (χ0) is 14.6. The number of amides is 1. The second kappa shape index (κ2) is 6.38. The number of rotatable bonds is 6. The highest BCUT2D eigenvalue weighted by atomic mass is 35.7. The van der Waals surface area contributed by atoms with E-state index in [0.29, 0.717) is 6.54 Å². The molecule has 1 aromatic rings. The number of halogens is 1. The molecule has 0 atom stereocenters. The molecule has 108 valence electrons. The van der Waals surface area contributed by atoms with Gasteiger partial charge < -0.3 is 4.90 Å². The summed E-state index contributed by atoms with van der Waals surface area (Å²) in [6.07, 6.45) is 2.92. The predicted molar refractivity (Wildman–Crippen MR) is 72.8 cm³/mol. The van der Waals surface area contributed by atoms with Crippen LogP contribution in [0.5, 0.6) is 0 Å². The number of aromatic nitrogens is 2. The average Bonchev–Trinajstić information content (AvgIpc) is 2.70. The number of nitrogens with one attached hydrogen (secondary N) is 1. The van der Waals surface area contributed by atoms with Crippen molar-refractivity contribution in [2.24, 2.45) is 0 Å². The highest BCUT2D eigenvalue weighted by molar-refractivity contribution is 8.13. The fourth-order valence-electron chi connectivity index (χ4n) is 1.74. The number of carbonyl (C=O) groups excluding carboxylic acids is 1. The van der Waals surface area contributed by atoms with E-state index in [0.717, 1.165) is 19.3 Å². The fourth-order valence-corrected chi connectivity index (χ4v) is 3.09. The average molecular weight is 308 g/mol. The minimum atomic E-state index is -3.99. The molecule has 1 heterocycles. The van der Waals surface area contributed by atoms with E-state index in [1.54, 1.807) is 7.05 Å². The van der Waals surface area contributed by atoms with Crippen molar-refractivity contribution in [1.29, 1.82) is 0 Å². The van der Waals surface area contributed by atoms with Gasteiger partial charge in [-0.25, -0.2) is 8.42 Å². The molecule has 8 heteroatoms. The lowest BCUT2D eigenvalue weighted by atomic mass is 10.2. The van der Waals surface area contributed by atoms with Crippen LogP contribution in [0.4, 0.5) is 0 Å². The molecule has 0 aliphatic rings. The Morgan fingerprint density at radius 3 is 2.58 bits per heavy atom. The molecule has 0 radical (unpaired) electrons. The molecule has 6 nitrogen and oxygen atoms in total. The van der Waals surface area contributed by atoms with Crippen LogP contribution in [0.25, 0.3) is 0 Å². The molecule has 0 aliphatic heterocycles. The minimum absolute atomic E-state index is 0.147. The molecule has 0 saturated heterocycles. The van der Waals surface area contributed by atoms with Gasteiger partial charge in [0.25, 0.3) is 15.0 Å². The summed E-state index contributed by atoms with van der Waals surface area (Å²) in [5.74, 6) is -0.445. The topological polar surface area (TPSA) is 83.1 Å². The van der Waals surface area contributed by atoms with Crippen LogP contribution in [0, 0.1) is 6.92 Å².